The first kappa shape index (κ1) is 24.1. The molecule has 0 bridgehead atoms. The first-order valence-electron chi connectivity index (χ1n) is 11.2. The average molecular weight is 487 g/mol. The van der Waals surface area contributed by atoms with Crippen molar-refractivity contribution in [2.75, 3.05) is 10.6 Å². The third kappa shape index (κ3) is 5.40. The van der Waals surface area contributed by atoms with Crippen molar-refractivity contribution in [2.24, 2.45) is 5.92 Å². The molecule has 1 aliphatic rings. The average Bonchev–Trinajstić information content (AvgIpc) is 3.58. The second-order valence-corrected chi connectivity index (χ2v) is 8.38. The minimum absolute atomic E-state index is 0.0521. The number of aromatic nitrogens is 3. The van der Waals surface area contributed by atoms with Gasteiger partial charge in [-0.15, -0.1) is 0 Å². The highest BCUT2D eigenvalue weighted by Gasteiger charge is 2.37. The number of nitriles is 1. The number of benzene rings is 1. The summed E-state index contributed by atoms with van der Waals surface area (Å²) in [5.41, 5.74) is 0.875. The third-order valence-electron chi connectivity index (χ3n) is 5.96. The van der Waals surface area contributed by atoms with Crippen molar-refractivity contribution >= 4 is 34.3 Å². The Balaban J connectivity index is 1.66. The molecule has 0 unspecified atom stereocenters. The van der Waals surface area contributed by atoms with E-state index in [-0.39, 0.29) is 29.2 Å². The van der Waals surface area contributed by atoms with E-state index in [1.165, 1.54) is 10.9 Å². The molecule has 0 spiro atoms. The van der Waals surface area contributed by atoms with Gasteiger partial charge in [-0.25, -0.2) is 22.9 Å². The van der Waals surface area contributed by atoms with Crippen molar-refractivity contribution in [1.29, 1.82) is 5.26 Å². The van der Waals surface area contributed by atoms with E-state index in [0.717, 1.165) is 18.9 Å². The lowest BCUT2D eigenvalue weighted by atomic mass is 10.0. The van der Waals surface area contributed by atoms with Crippen LogP contribution in [0.3, 0.4) is 0 Å². The monoisotopic (exact) mass is 487 g/mol. The Morgan fingerprint density at radius 2 is 2.11 bits per heavy atom. The summed E-state index contributed by atoms with van der Waals surface area (Å²) in [5.74, 6) is -0.630. The summed E-state index contributed by atoms with van der Waals surface area (Å²) >= 11 is 0. The summed E-state index contributed by atoms with van der Waals surface area (Å²) in [7, 11) is 0. The van der Waals surface area contributed by atoms with E-state index >= 15 is 0 Å². The second kappa shape index (κ2) is 10.1. The van der Waals surface area contributed by atoms with Gasteiger partial charge in [0.05, 0.1) is 35.0 Å². The number of nitrogens with one attached hydrogen (secondary N) is 3. The van der Waals surface area contributed by atoms with Gasteiger partial charge in [0.25, 0.3) is 6.43 Å². The van der Waals surface area contributed by atoms with Crippen LogP contribution in [0.5, 0.6) is 0 Å². The fraction of sp³-hybridized carbons (Fsp3) is 0.391. The summed E-state index contributed by atoms with van der Waals surface area (Å²) in [5, 5.41) is 31.8. The normalized spacial score (nSPS) is 15.0. The fourth-order valence-corrected chi connectivity index (χ4v) is 4.15. The van der Waals surface area contributed by atoms with Gasteiger partial charge < -0.3 is 21.1 Å². The molecule has 2 heterocycles. The molecule has 1 aromatic carbocycles. The highest BCUT2D eigenvalue weighted by Crippen LogP contribution is 2.37. The Kier molecular flexibility index (Phi) is 6.95. The molecule has 2 atom stereocenters. The zero-order valence-electron chi connectivity index (χ0n) is 18.8. The molecular weight excluding hydrogens is 463 g/mol. The van der Waals surface area contributed by atoms with Gasteiger partial charge >= 0.3 is 6.09 Å². The number of pyridine rings is 1. The standard InChI is InChI=1S/C23H24F3N7O2/c1-2-16(30-23(34)35)20(12-6-7-12)31-22-15(24)8-13(9-27)21(32-22)29-17-4-3-5-18-14(17)10-28-33(18)11-19(25)26/h3-5,8,10,12,16,19-20,30H,2,6-7,11H2,1H3,(H,34,35)(H2,29,31,32)/t16-,20+/m0/s1. The molecule has 1 amide bonds. The van der Waals surface area contributed by atoms with Crippen molar-refractivity contribution in [3.8, 4) is 6.07 Å². The molecule has 35 heavy (non-hydrogen) atoms. The number of nitrogens with zero attached hydrogens (tertiary/aromatic N) is 4. The van der Waals surface area contributed by atoms with Crippen LogP contribution in [0.2, 0.25) is 0 Å². The van der Waals surface area contributed by atoms with Crippen molar-refractivity contribution < 1.29 is 23.1 Å². The maximum atomic E-state index is 14.9. The maximum absolute atomic E-state index is 14.9. The first-order valence-corrected chi connectivity index (χ1v) is 11.2. The number of fused-ring (bicyclic) bond motifs is 1. The number of anilines is 3. The molecule has 12 heteroatoms. The van der Waals surface area contributed by atoms with Crippen LogP contribution in [0.1, 0.15) is 31.7 Å². The third-order valence-corrected chi connectivity index (χ3v) is 5.96. The van der Waals surface area contributed by atoms with Crippen LogP contribution in [-0.2, 0) is 6.54 Å². The molecule has 1 fully saturated rings. The number of carboxylic acid groups (broad SMARTS) is 1. The lowest BCUT2D eigenvalue weighted by Crippen LogP contribution is -2.47. The SMILES string of the molecule is CC[C@H](NC(=O)O)[C@H](Nc1nc(Nc2cccc3c2cnn3CC(F)F)c(C#N)cc1F)C1CC1. The van der Waals surface area contributed by atoms with Crippen LogP contribution in [0, 0.1) is 23.1 Å². The van der Waals surface area contributed by atoms with Crippen LogP contribution in [0.25, 0.3) is 10.9 Å². The van der Waals surface area contributed by atoms with Gasteiger partial charge in [-0.2, -0.15) is 10.4 Å². The van der Waals surface area contributed by atoms with E-state index in [9.17, 15) is 28.3 Å². The van der Waals surface area contributed by atoms with Gasteiger partial charge in [0.2, 0.25) is 0 Å². The molecule has 0 aliphatic heterocycles. The number of alkyl halides is 2. The summed E-state index contributed by atoms with van der Waals surface area (Å²) in [6.07, 6.45) is -0.0589. The van der Waals surface area contributed by atoms with E-state index in [4.69, 9.17) is 0 Å². The maximum Gasteiger partial charge on any atom is 0.404 e. The summed E-state index contributed by atoms with van der Waals surface area (Å²) in [6, 6.07) is 7.09. The van der Waals surface area contributed by atoms with Crippen LogP contribution in [0.4, 0.5) is 35.3 Å². The second-order valence-electron chi connectivity index (χ2n) is 8.38. The number of amides is 1. The number of carbonyl (C=O) groups is 1. The van der Waals surface area contributed by atoms with Crippen LogP contribution >= 0.6 is 0 Å². The number of hydrogen-bond donors (Lipinski definition) is 4. The fourth-order valence-electron chi connectivity index (χ4n) is 4.15. The van der Waals surface area contributed by atoms with Crippen molar-refractivity contribution in [1.82, 2.24) is 20.1 Å². The predicted octanol–water partition coefficient (Wildman–Crippen LogP) is 4.69. The molecule has 3 aromatic rings. The van der Waals surface area contributed by atoms with E-state index in [0.29, 0.717) is 23.0 Å². The molecule has 2 aromatic heterocycles. The van der Waals surface area contributed by atoms with E-state index in [2.05, 4.69) is 26.0 Å². The van der Waals surface area contributed by atoms with Crippen LogP contribution < -0.4 is 16.0 Å². The first-order chi connectivity index (χ1) is 16.8. The quantitative estimate of drug-likeness (QED) is 0.327. The van der Waals surface area contributed by atoms with Crippen molar-refractivity contribution in [3.63, 3.8) is 0 Å². The number of hydrogen-bond acceptors (Lipinski definition) is 6. The summed E-state index contributed by atoms with van der Waals surface area (Å²) < 4.78 is 41.8. The van der Waals surface area contributed by atoms with Gasteiger partial charge in [-0.3, -0.25) is 4.68 Å². The van der Waals surface area contributed by atoms with Gasteiger partial charge in [-0.1, -0.05) is 13.0 Å². The van der Waals surface area contributed by atoms with Crippen LogP contribution in [-0.4, -0.2) is 44.5 Å². The Morgan fingerprint density at radius 3 is 2.74 bits per heavy atom. The van der Waals surface area contributed by atoms with Gasteiger partial charge in [0.15, 0.2) is 17.5 Å². The number of halogens is 3. The molecular formula is C23H24F3N7O2. The lowest BCUT2D eigenvalue weighted by molar-refractivity contribution is 0.123. The van der Waals surface area contributed by atoms with Crippen molar-refractivity contribution in [3.05, 3.63) is 41.8 Å². The Labute approximate surface area is 199 Å². The predicted molar refractivity (Wildman–Crippen MR) is 123 cm³/mol. The minimum atomic E-state index is -2.57. The Hall–Kier alpha value is -4.01. The zero-order chi connectivity index (χ0) is 25.1. The molecule has 0 radical (unpaired) electrons. The molecule has 1 aliphatic carbocycles. The molecule has 9 nitrogen and oxygen atoms in total. The largest absolute Gasteiger partial charge is 0.465 e. The van der Waals surface area contributed by atoms with E-state index in [1.54, 1.807) is 18.2 Å². The molecule has 4 rings (SSSR count). The topological polar surface area (TPSA) is 128 Å². The molecule has 4 N–H and O–H groups in total. The van der Waals surface area contributed by atoms with Crippen molar-refractivity contribution in [2.45, 2.75) is 51.2 Å². The van der Waals surface area contributed by atoms with Gasteiger partial charge in [0.1, 0.15) is 12.6 Å². The Morgan fingerprint density at radius 1 is 1.34 bits per heavy atom. The van der Waals surface area contributed by atoms with Gasteiger partial charge in [0, 0.05) is 5.39 Å². The van der Waals surface area contributed by atoms with E-state index < -0.39 is 30.9 Å². The molecule has 184 valence electrons. The summed E-state index contributed by atoms with van der Waals surface area (Å²) in [6.45, 7) is 1.27. The Bertz CT molecular complexity index is 1270. The lowest BCUT2D eigenvalue weighted by Gasteiger charge is -2.28. The highest BCUT2D eigenvalue weighted by molar-refractivity contribution is 5.93. The van der Waals surface area contributed by atoms with Crippen LogP contribution in [0.15, 0.2) is 30.5 Å². The zero-order valence-corrected chi connectivity index (χ0v) is 18.8. The summed E-state index contributed by atoms with van der Waals surface area (Å²) in [4.78, 5) is 15.5. The molecule has 1 saturated carbocycles. The smallest absolute Gasteiger partial charge is 0.404 e. The van der Waals surface area contributed by atoms with E-state index in [1.807, 2.05) is 13.0 Å². The molecule has 0 saturated heterocycles. The highest BCUT2D eigenvalue weighted by atomic mass is 19.3. The minimum Gasteiger partial charge on any atom is -0.465 e. The number of rotatable bonds is 10. The van der Waals surface area contributed by atoms with Gasteiger partial charge in [-0.05, 0) is 43.4 Å².